The molecule has 0 spiro atoms. The van der Waals surface area contributed by atoms with E-state index in [1.54, 1.807) is 16.6 Å². The lowest BCUT2D eigenvalue weighted by atomic mass is 10.1. The molecule has 11 heteroatoms. The molecule has 0 radical (unpaired) electrons. The first-order chi connectivity index (χ1) is 16.6. The number of piperazine rings is 2. The van der Waals surface area contributed by atoms with Gasteiger partial charge in [-0.3, -0.25) is 4.90 Å². The molecule has 0 atom stereocenters. The molecular weight excluding hydrogens is 466 g/mol. The molecule has 1 amide bonds. The normalized spacial score (nSPS) is 18.0. The summed E-state index contributed by atoms with van der Waals surface area (Å²) >= 11 is 0. The van der Waals surface area contributed by atoms with Gasteiger partial charge in [-0.1, -0.05) is 18.7 Å². The topological polar surface area (TPSA) is 94.0 Å². The fourth-order valence-electron chi connectivity index (χ4n) is 4.56. The van der Waals surface area contributed by atoms with Crippen LogP contribution in [0.25, 0.3) is 0 Å². The number of carbonyl (C=O) groups is 1. The molecule has 10 nitrogen and oxygen atoms in total. The van der Waals surface area contributed by atoms with Crippen molar-refractivity contribution < 1.29 is 13.2 Å². The molecule has 0 bridgehead atoms. The summed E-state index contributed by atoms with van der Waals surface area (Å²) in [6, 6.07) is 8.13. The van der Waals surface area contributed by atoms with Gasteiger partial charge in [0.05, 0.1) is 6.26 Å². The van der Waals surface area contributed by atoms with Crippen LogP contribution in [0.2, 0.25) is 0 Å². The lowest BCUT2D eigenvalue weighted by Crippen LogP contribution is -2.50. The number of aryl methyl sites for hydroxylation is 1. The highest BCUT2D eigenvalue weighted by Gasteiger charge is 2.27. The van der Waals surface area contributed by atoms with E-state index in [0.717, 1.165) is 25.3 Å². The number of anilines is 2. The molecule has 0 aliphatic carbocycles. The standard InChI is InChI=1S/C24H35N7O3S/c1-19(2)25-23-7-8-31(26-23)24(32)29-11-9-27(10-12-29)18-21-6-5-20(3)17-22(21)28-13-15-30(16-14-28)35(4,33)34/h5-8,17H,1,9-16,18H2,2-4H3,(H,25,26). The quantitative estimate of drug-likeness (QED) is 0.647. The minimum absolute atomic E-state index is 0.126. The second-order valence-corrected chi connectivity index (χ2v) is 11.4. The van der Waals surface area contributed by atoms with Gasteiger partial charge < -0.3 is 15.1 Å². The molecule has 1 aromatic carbocycles. The van der Waals surface area contributed by atoms with E-state index in [4.69, 9.17) is 0 Å². The summed E-state index contributed by atoms with van der Waals surface area (Å²) in [6.45, 7) is 13.7. The van der Waals surface area contributed by atoms with Gasteiger partial charge in [-0.05, 0) is 31.0 Å². The SMILES string of the molecule is C=C(C)Nc1ccn(C(=O)N2CCN(Cc3ccc(C)cc3N3CCN(S(C)(=O)=O)CC3)CC2)n1. The highest BCUT2D eigenvalue weighted by molar-refractivity contribution is 7.88. The van der Waals surface area contributed by atoms with Gasteiger partial charge in [-0.15, -0.1) is 5.10 Å². The van der Waals surface area contributed by atoms with Crippen molar-refractivity contribution in [1.29, 1.82) is 0 Å². The molecule has 2 saturated heterocycles. The van der Waals surface area contributed by atoms with E-state index in [2.05, 4.69) is 51.9 Å². The van der Waals surface area contributed by atoms with Crippen molar-refractivity contribution in [2.24, 2.45) is 0 Å². The van der Waals surface area contributed by atoms with Gasteiger partial charge in [0, 0.05) is 82.6 Å². The summed E-state index contributed by atoms with van der Waals surface area (Å²) in [6.07, 6.45) is 2.94. The van der Waals surface area contributed by atoms with Gasteiger partial charge in [0.1, 0.15) is 0 Å². The predicted octanol–water partition coefficient (Wildman–Crippen LogP) is 2.00. The first-order valence-electron chi connectivity index (χ1n) is 11.9. The zero-order valence-electron chi connectivity index (χ0n) is 20.8. The molecule has 0 saturated carbocycles. The number of hydrogen-bond acceptors (Lipinski definition) is 7. The molecule has 3 heterocycles. The molecule has 2 aliphatic rings. The molecule has 2 aliphatic heterocycles. The van der Waals surface area contributed by atoms with Crippen LogP contribution in [0.5, 0.6) is 0 Å². The van der Waals surface area contributed by atoms with E-state index in [0.29, 0.717) is 45.1 Å². The molecule has 1 aromatic heterocycles. The van der Waals surface area contributed by atoms with Crippen LogP contribution in [0, 0.1) is 6.92 Å². The first kappa shape index (κ1) is 25.2. The maximum absolute atomic E-state index is 12.9. The lowest BCUT2D eigenvalue weighted by molar-refractivity contribution is 0.134. The Bertz CT molecular complexity index is 1180. The van der Waals surface area contributed by atoms with E-state index in [1.165, 1.54) is 27.8 Å². The minimum atomic E-state index is -3.16. The zero-order chi connectivity index (χ0) is 25.2. The van der Waals surface area contributed by atoms with Crippen LogP contribution in [0.4, 0.5) is 16.3 Å². The average molecular weight is 502 g/mol. The number of allylic oxidation sites excluding steroid dienone is 1. The number of nitrogens with one attached hydrogen (secondary N) is 1. The van der Waals surface area contributed by atoms with Crippen molar-refractivity contribution >= 4 is 27.6 Å². The second kappa shape index (κ2) is 10.4. The Morgan fingerprint density at radius 1 is 1.06 bits per heavy atom. The minimum Gasteiger partial charge on any atom is -0.369 e. The van der Waals surface area contributed by atoms with Crippen molar-refractivity contribution in [3.63, 3.8) is 0 Å². The third-order valence-corrected chi connectivity index (χ3v) is 7.76. The lowest BCUT2D eigenvalue weighted by Gasteiger charge is -2.38. The van der Waals surface area contributed by atoms with Gasteiger partial charge in [-0.25, -0.2) is 13.2 Å². The molecule has 0 unspecified atom stereocenters. The van der Waals surface area contributed by atoms with Crippen molar-refractivity contribution in [1.82, 2.24) is 23.9 Å². The molecule has 1 N–H and O–H groups in total. The van der Waals surface area contributed by atoms with Crippen LogP contribution in [0.3, 0.4) is 0 Å². The van der Waals surface area contributed by atoms with Crippen LogP contribution in [-0.2, 0) is 16.6 Å². The Balaban J connectivity index is 1.36. The smallest absolute Gasteiger partial charge is 0.344 e. The summed E-state index contributed by atoms with van der Waals surface area (Å²) < 4.78 is 26.7. The first-order valence-corrected chi connectivity index (χ1v) is 13.7. The van der Waals surface area contributed by atoms with Gasteiger partial charge in [0.15, 0.2) is 5.82 Å². The van der Waals surface area contributed by atoms with E-state index in [9.17, 15) is 13.2 Å². The van der Waals surface area contributed by atoms with Gasteiger partial charge in [0.2, 0.25) is 10.0 Å². The number of hydrogen-bond donors (Lipinski definition) is 1. The maximum Gasteiger partial charge on any atom is 0.344 e. The number of benzene rings is 1. The molecule has 35 heavy (non-hydrogen) atoms. The monoisotopic (exact) mass is 501 g/mol. The second-order valence-electron chi connectivity index (χ2n) is 9.38. The van der Waals surface area contributed by atoms with E-state index in [1.807, 2.05) is 11.8 Å². The van der Waals surface area contributed by atoms with Crippen LogP contribution in [-0.4, -0.2) is 96.9 Å². The van der Waals surface area contributed by atoms with E-state index >= 15 is 0 Å². The number of rotatable bonds is 6. The van der Waals surface area contributed by atoms with Crippen molar-refractivity contribution in [3.05, 3.63) is 53.9 Å². The van der Waals surface area contributed by atoms with E-state index in [-0.39, 0.29) is 6.03 Å². The zero-order valence-corrected chi connectivity index (χ0v) is 21.6. The summed E-state index contributed by atoms with van der Waals surface area (Å²) in [5.41, 5.74) is 4.35. The third-order valence-electron chi connectivity index (χ3n) is 6.45. The fourth-order valence-corrected chi connectivity index (χ4v) is 5.39. The summed E-state index contributed by atoms with van der Waals surface area (Å²) in [5, 5.41) is 7.32. The maximum atomic E-state index is 12.9. The Labute approximate surface area is 207 Å². The molecular formula is C24H35N7O3S. The van der Waals surface area contributed by atoms with Gasteiger partial charge in [-0.2, -0.15) is 8.99 Å². The largest absolute Gasteiger partial charge is 0.369 e. The van der Waals surface area contributed by atoms with Crippen LogP contribution in [0.1, 0.15) is 18.1 Å². The number of sulfonamides is 1. The van der Waals surface area contributed by atoms with Gasteiger partial charge in [0.25, 0.3) is 0 Å². The molecule has 2 fully saturated rings. The molecule has 190 valence electrons. The molecule has 2 aromatic rings. The van der Waals surface area contributed by atoms with Crippen molar-refractivity contribution in [3.8, 4) is 0 Å². The van der Waals surface area contributed by atoms with E-state index < -0.39 is 10.0 Å². The summed E-state index contributed by atoms with van der Waals surface area (Å²) in [4.78, 5) is 19.3. The number of carbonyl (C=O) groups excluding carboxylic acids is 1. The average Bonchev–Trinajstić information content (AvgIpc) is 3.27. The number of amides is 1. The highest BCUT2D eigenvalue weighted by Crippen LogP contribution is 2.26. The third kappa shape index (κ3) is 6.22. The Hall–Kier alpha value is -2.89. The number of nitrogens with zero attached hydrogens (tertiary/aromatic N) is 6. The Kier molecular flexibility index (Phi) is 7.48. The van der Waals surface area contributed by atoms with Crippen LogP contribution >= 0.6 is 0 Å². The van der Waals surface area contributed by atoms with Crippen molar-refractivity contribution in [2.45, 2.75) is 20.4 Å². The van der Waals surface area contributed by atoms with Crippen LogP contribution < -0.4 is 10.2 Å². The highest BCUT2D eigenvalue weighted by atomic mass is 32.2. The van der Waals surface area contributed by atoms with Crippen molar-refractivity contribution in [2.75, 3.05) is 68.8 Å². The summed E-state index contributed by atoms with van der Waals surface area (Å²) in [5.74, 6) is 0.605. The Morgan fingerprint density at radius 2 is 1.74 bits per heavy atom. The molecule has 4 rings (SSSR count). The Morgan fingerprint density at radius 3 is 2.37 bits per heavy atom. The predicted molar refractivity (Wildman–Crippen MR) is 138 cm³/mol. The summed E-state index contributed by atoms with van der Waals surface area (Å²) in [7, 11) is -3.16. The van der Waals surface area contributed by atoms with Crippen LogP contribution in [0.15, 0.2) is 42.7 Å². The fraction of sp³-hybridized carbons (Fsp3) is 0.500. The van der Waals surface area contributed by atoms with Gasteiger partial charge >= 0.3 is 6.03 Å². The number of aromatic nitrogens is 2.